The molecule has 0 unspecified atom stereocenters. The van der Waals surface area contributed by atoms with Crippen LogP contribution in [-0.2, 0) is 11.3 Å². The zero-order chi connectivity index (χ0) is 18.6. The Hall–Kier alpha value is -3.33. The summed E-state index contributed by atoms with van der Waals surface area (Å²) in [6.45, 7) is 2.25. The molecule has 1 N–H and O–H groups in total. The van der Waals surface area contributed by atoms with Crippen molar-refractivity contribution in [1.82, 2.24) is 5.32 Å². The lowest BCUT2D eigenvalue weighted by Crippen LogP contribution is -2.35. The minimum absolute atomic E-state index is 0.129. The van der Waals surface area contributed by atoms with Crippen LogP contribution in [0.4, 0.5) is 0 Å². The molecule has 0 radical (unpaired) electrons. The molecule has 27 heavy (non-hydrogen) atoms. The summed E-state index contributed by atoms with van der Waals surface area (Å²) in [5.74, 6) is 0.567. The van der Waals surface area contributed by atoms with Gasteiger partial charge >= 0.3 is 0 Å². The number of amides is 1. The first-order valence-corrected chi connectivity index (χ1v) is 9.10. The van der Waals surface area contributed by atoms with Gasteiger partial charge in [-0.15, -0.1) is 0 Å². The van der Waals surface area contributed by atoms with Gasteiger partial charge in [0.25, 0.3) is 5.91 Å². The van der Waals surface area contributed by atoms with Crippen molar-refractivity contribution in [3.05, 3.63) is 90.5 Å². The number of benzene rings is 4. The summed E-state index contributed by atoms with van der Waals surface area (Å²) in [5.41, 5.74) is 1.10. The lowest BCUT2D eigenvalue weighted by molar-refractivity contribution is -0.127. The predicted octanol–water partition coefficient (Wildman–Crippen LogP) is 5.08. The first kappa shape index (κ1) is 17.1. The largest absolute Gasteiger partial charge is 0.481 e. The molecule has 0 aromatic heterocycles. The van der Waals surface area contributed by atoms with Gasteiger partial charge in [0, 0.05) is 6.54 Å². The number of hydrogen-bond donors (Lipinski definition) is 1. The lowest BCUT2D eigenvalue weighted by atomic mass is 10.0. The van der Waals surface area contributed by atoms with Gasteiger partial charge in [0.1, 0.15) is 5.75 Å². The van der Waals surface area contributed by atoms with Crippen molar-refractivity contribution in [1.29, 1.82) is 0 Å². The van der Waals surface area contributed by atoms with Crippen molar-refractivity contribution >= 4 is 27.5 Å². The highest BCUT2D eigenvalue weighted by Gasteiger charge is 2.15. The summed E-state index contributed by atoms with van der Waals surface area (Å²) in [6, 6.07) is 28.3. The number of fused-ring (bicyclic) bond motifs is 2. The summed E-state index contributed by atoms with van der Waals surface area (Å²) in [5, 5.41) is 7.56. The molecule has 0 fully saturated rings. The van der Waals surface area contributed by atoms with Gasteiger partial charge in [0.05, 0.1) is 0 Å². The molecule has 4 aromatic carbocycles. The van der Waals surface area contributed by atoms with Gasteiger partial charge in [-0.05, 0) is 46.2 Å². The molecule has 0 aliphatic heterocycles. The third-order valence-electron chi connectivity index (χ3n) is 4.74. The van der Waals surface area contributed by atoms with Crippen LogP contribution in [0.3, 0.4) is 0 Å². The Morgan fingerprint density at radius 1 is 0.852 bits per heavy atom. The highest BCUT2D eigenvalue weighted by molar-refractivity contribution is 5.87. The van der Waals surface area contributed by atoms with Crippen molar-refractivity contribution in [2.45, 2.75) is 19.6 Å². The van der Waals surface area contributed by atoms with Crippen LogP contribution in [0, 0.1) is 0 Å². The van der Waals surface area contributed by atoms with E-state index in [4.69, 9.17) is 4.74 Å². The minimum Gasteiger partial charge on any atom is -0.481 e. The molecule has 1 atom stereocenters. The van der Waals surface area contributed by atoms with Gasteiger partial charge in [-0.3, -0.25) is 4.79 Å². The summed E-state index contributed by atoms with van der Waals surface area (Å²) < 4.78 is 5.85. The third-order valence-corrected chi connectivity index (χ3v) is 4.74. The fourth-order valence-corrected chi connectivity index (χ4v) is 3.27. The van der Waals surface area contributed by atoms with E-state index in [2.05, 4.69) is 29.6 Å². The smallest absolute Gasteiger partial charge is 0.261 e. The molecule has 0 heterocycles. The van der Waals surface area contributed by atoms with Crippen molar-refractivity contribution < 1.29 is 9.53 Å². The Balaban J connectivity index is 1.42. The zero-order valence-electron chi connectivity index (χ0n) is 15.2. The van der Waals surface area contributed by atoms with Crippen LogP contribution >= 0.6 is 0 Å². The Morgan fingerprint density at radius 3 is 2.41 bits per heavy atom. The quantitative estimate of drug-likeness (QED) is 0.542. The maximum Gasteiger partial charge on any atom is 0.261 e. The maximum absolute atomic E-state index is 12.5. The summed E-state index contributed by atoms with van der Waals surface area (Å²) >= 11 is 0. The second kappa shape index (κ2) is 7.50. The van der Waals surface area contributed by atoms with E-state index in [-0.39, 0.29) is 5.91 Å². The molecule has 0 bridgehead atoms. The third kappa shape index (κ3) is 3.77. The minimum atomic E-state index is -0.568. The van der Waals surface area contributed by atoms with E-state index in [0.717, 1.165) is 21.7 Å². The van der Waals surface area contributed by atoms with E-state index in [0.29, 0.717) is 12.3 Å². The van der Waals surface area contributed by atoms with Crippen LogP contribution in [0.2, 0.25) is 0 Å². The fraction of sp³-hybridized carbons (Fsp3) is 0.125. The van der Waals surface area contributed by atoms with E-state index in [1.54, 1.807) is 6.92 Å². The first-order valence-electron chi connectivity index (χ1n) is 9.10. The molecule has 1 amide bonds. The molecule has 0 saturated heterocycles. The van der Waals surface area contributed by atoms with E-state index < -0.39 is 6.10 Å². The Bertz CT molecular complexity index is 1100. The van der Waals surface area contributed by atoms with Crippen LogP contribution < -0.4 is 10.1 Å². The second-order valence-corrected chi connectivity index (χ2v) is 6.63. The predicted molar refractivity (Wildman–Crippen MR) is 110 cm³/mol. The normalized spacial score (nSPS) is 12.0. The van der Waals surface area contributed by atoms with Crippen LogP contribution in [0.25, 0.3) is 21.5 Å². The van der Waals surface area contributed by atoms with E-state index in [1.165, 1.54) is 5.39 Å². The van der Waals surface area contributed by atoms with Crippen LogP contribution in [0.5, 0.6) is 5.75 Å². The SMILES string of the molecule is C[C@@H](Oc1ccc2ccccc2c1)C(=O)NCc1cccc2ccccc12. The molecule has 0 spiro atoms. The average molecular weight is 355 g/mol. The Morgan fingerprint density at radius 2 is 1.56 bits per heavy atom. The number of carbonyl (C=O) groups is 1. The highest BCUT2D eigenvalue weighted by atomic mass is 16.5. The molecule has 0 aliphatic rings. The molecule has 3 heteroatoms. The van der Waals surface area contributed by atoms with Crippen molar-refractivity contribution in [3.63, 3.8) is 0 Å². The number of ether oxygens (including phenoxy) is 1. The number of hydrogen-bond acceptors (Lipinski definition) is 2. The number of carbonyl (C=O) groups excluding carboxylic acids is 1. The molecule has 134 valence electrons. The van der Waals surface area contributed by atoms with Crippen LogP contribution in [0.15, 0.2) is 84.9 Å². The standard InChI is InChI=1S/C24H21NO2/c1-17(27-22-14-13-18-7-2-3-9-20(18)15-22)24(26)25-16-21-11-6-10-19-8-4-5-12-23(19)21/h2-15,17H,16H2,1H3,(H,25,26)/t17-/m1/s1. The molecular formula is C24H21NO2. The van der Waals surface area contributed by atoms with Gasteiger partial charge < -0.3 is 10.1 Å². The Labute approximate surface area is 158 Å². The van der Waals surface area contributed by atoms with Crippen molar-refractivity contribution in [2.24, 2.45) is 0 Å². The van der Waals surface area contributed by atoms with E-state index in [9.17, 15) is 4.79 Å². The summed E-state index contributed by atoms with van der Waals surface area (Å²) in [4.78, 5) is 12.5. The zero-order valence-corrected chi connectivity index (χ0v) is 15.2. The maximum atomic E-state index is 12.5. The van der Waals surface area contributed by atoms with Gasteiger partial charge in [-0.25, -0.2) is 0 Å². The van der Waals surface area contributed by atoms with Crippen molar-refractivity contribution in [2.75, 3.05) is 0 Å². The molecule has 0 saturated carbocycles. The molecule has 3 nitrogen and oxygen atoms in total. The molecule has 0 aliphatic carbocycles. The topological polar surface area (TPSA) is 38.3 Å². The monoisotopic (exact) mass is 355 g/mol. The van der Waals surface area contributed by atoms with Crippen LogP contribution in [-0.4, -0.2) is 12.0 Å². The Kier molecular flexibility index (Phi) is 4.75. The van der Waals surface area contributed by atoms with Gasteiger partial charge in [0.15, 0.2) is 6.10 Å². The van der Waals surface area contributed by atoms with Gasteiger partial charge in [0.2, 0.25) is 0 Å². The van der Waals surface area contributed by atoms with Crippen molar-refractivity contribution in [3.8, 4) is 5.75 Å². The lowest BCUT2D eigenvalue weighted by Gasteiger charge is -2.16. The number of rotatable bonds is 5. The average Bonchev–Trinajstić information content (AvgIpc) is 2.71. The van der Waals surface area contributed by atoms with Gasteiger partial charge in [-0.1, -0.05) is 72.8 Å². The number of nitrogens with one attached hydrogen (secondary N) is 1. The second-order valence-electron chi connectivity index (χ2n) is 6.63. The van der Waals surface area contributed by atoms with Gasteiger partial charge in [-0.2, -0.15) is 0 Å². The van der Waals surface area contributed by atoms with E-state index in [1.807, 2.05) is 60.7 Å². The fourth-order valence-electron chi connectivity index (χ4n) is 3.27. The first-order chi connectivity index (χ1) is 13.2. The summed E-state index contributed by atoms with van der Waals surface area (Å²) in [6.07, 6.45) is -0.568. The summed E-state index contributed by atoms with van der Waals surface area (Å²) in [7, 11) is 0. The van der Waals surface area contributed by atoms with E-state index >= 15 is 0 Å². The molecule has 4 aromatic rings. The molecule has 4 rings (SSSR count). The highest BCUT2D eigenvalue weighted by Crippen LogP contribution is 2.22. The van der Waals surface area contributed by atoms with Crippen LogP contribution in [0.1, 0.15) is 12.5 Å². The molecular weight excluding hydrogens is 334 g/mol.